The van der Waals surface area contributed by atoms with Gasteiger partial charge >= 0.3 is 0 Å². The molecule has 1 heterocycles. The van der Waals surface area contributed by atoms with Crippen LogP contribution < -0.4 is 0 Å². The van der Waals surface area contributed by atoms with Gasteiger partial charge in [0.1, 0.15) is 12.3 Å². The number of carbonyl (C=O) groups is 1. The molecule has 0 bridgehead atoms. The lowest BCUT2D eigenvalue weighted by Crippen LogP contribution is -2.27. The number of fused-ring (bicyclic) bond motifs is 1. The first-order chi connectivity index (χ1) is 10.7. The Labute approximate surface area is 130 Å². The standard InChI is InChI=1S/C18H18N2O2/c1-20(22-13-14-7-3-2-4-8-14)18(21)17-11-15-9-5-6-10-16(15)12-19-17/h2-5,7-9,11-12H,6,10,13H2,1H3. The zero-order valence-electron chi connectivity index (χ0n) is 12.5. The number of allylic oxidation sites excluding steroid dienone is 1. The van der Waals surface area contributed by atoms with Crippen LogP contribution in [0, 0.1) is 0 Å². The predicted octanol–water partition coefficient (Wildman–Crippen LogP) is 3.24. The summed E-state index contributed by atoms with van der Waals surface area (Å²) < 4.78 is 0. The number of rotatable bonds is 4. The largest absolute Gasteiger partial charge is 0.295 e. The molecule has 0 fully saturated rings. The lowest BCUT2D eigenvalue weighted by atomic mass is 9.99. The lowest BCUT2D eigenvalue weighted by Gasteiger charge is -2.17. The van der Waals surface area contributed by atoms with Gasteiger partial charge in [-0.1, -0.05) is 42.5 Å². The van der Waals surface area contributed by atoms with Gasteiger partial charge in [-0.15, -0.1) is 0 Å². The number of hydrogen-bond acceptors (Lipinski definition) is 3. The van der Waals surface area contributed by atoms with E-state index in [1.54, 1.807) is 13.2 Å². The van der Waals surface area contributed by atoms with Gasteiger partial charge in [0.25, 0.3) is 5.91 Å². The van der Waals surface area contributed by atoms with Crippen molar-refractivity contribution in [3.63, 3.8) is 0 Å². The second kappa shape index (κ2) is 6.54. The van der Waals surface area contributed by atoms with Crippen molar-refractivity contribution < 1.29 is 9.63 Å². The highest BCUT2D eigenvalue weighted by molar-refractivity contribution is 5.92. The summed E-state index contributed by atoms with van der Waals surface area (Å²) in [7, 11) is 1.61. The van der Waals surface area contributed by atoms with Gasteiger partial charge in [-0.25, -0.2) is 5.06 Å². The number of pyridine rings is 1. The minimum atomic E-state index is -0.238. The van der Waals surface area contributed by atoms with Crippen LogP contribution in [0.4, 0.5) is 0 Å². The summed E-state index contributed by atoms with van der Waals surface area (Å²) in [6, 6.07) is 11.6. The van der Waals surface area contributed by atoms with Gasteiger partial charge in [0.05, 0.1) is 0 Å². The molecule has 0 radical (unpaired) electrons. The molecular formula is C18H18N2O2. The third kappa shape index (κ3) is 3.23. The normalized spacial score (nSPS) is 12.8. The molecule has 0 saturated carbocycles. The Morgan fingerprint density at radius 1 is 1.32 bits per heavy atom. The highest BCUT2D eigenvalue weighted by Gasteiger charge is 2.16. The molecule has 1 aliphatic carbocycles. The fourth-order valence-corrected chi connectivity index (χ4v) is 2.39. The minimum absolute atomic E-state index is 0.238. The van der Waals surface area contributed by atoms with E-state index in [1.807, 2.05) is 42.5 Å². The highest BCUT2D eigenvalue weighted by atomic mass is 16.7. The summed E-state index contributed by atoms with van der Waals surface area (Å²) in [6.07, 6.45) is 7.96. The second-order valence-electron chi connectivity index (χ2n) is 5.27. The van der Waals surface area contributed by atoms with Gasteiger partial charge in [0.2, 0.25) is 0 Å². The van der Waals surface area contributed by atoms with Crippen molar-refractivity contribution >= 4 is 12.0 Å². The van der Waals surface area contributed by atoms with E-state index in [0.29, 0.717) is 12.3 Å². The summed E-state index contributed by atoms with van der Waals surface area (Å²) in [6.45, 7) is 0.355. The van der Waals surface area contributed by atoms with Crippen LogP contribution in [0.15, 0.2) is 48.7 Å². The molecule has 1 aliphatic rings. The Balaban J connectivity index is 1.67. The predicted molar refractivity (Wildman–Crippen MR) is 84.9 cm³/mol. The zero-order valence-corrected chi connectivity index (χ0v) is 12.5. The third-order valence-corrected chi connectivity index (χ3v) is 3.67. The van der Waals surface area contributed by atoms with Crippen molar-refractivity contribution in [2.45, 2.75) is 19.4 Å². The topological polar surface area (TPSA) is 42.4 Å². The van der Waals surface area contributed by atoms with E-state index in [1.165, 1.54) is 10.6 Å². The maximum atomic E-state index is 12.4. The number of hydroxylamine groups is 2. The maximum absolute atomic E-state index is 12.4. The van der Waals surface area contributed by atoms with Gasteiger partial charge in [-0.3, -0.25) is 14.6 Å². The van der Waals surface area contributed by atoms with E-state index in [-0.39, 0.29) is 5.91 Å². The van der Waals surface area contributed by atoms with Crippen LogP contribution in [0.5, 0.6) is 0 Å². The number of aryl methyl sites for hydroxylation is 1. The first-order valence-electron chi connectivity index (χ1n) is 7.34. The molecule has 0 N–H and O–H groups in total. The molecule has 0 unspecified atom stereocenters. The van der Waals surface area contributed by atoms with Gasteiger partial charge in [-0.2, -0.15) is 0 Å². The van der Waals surface area contributed by atoms with Crippen LogP contribution in [0.1, 0.15) is 33.6 Å². The molecule has 1 aromatic heterocycles. The molecule has 4 heteroatoms. The monoisotopic (exact) mass is 294 g/mol. The molecule has 0 aliphatic heterocycles. The van der Waals surface area contributed by atoms with Gasteiger partial charge in [-0.05, 0) is 35.6 Å². The van der Waals surface area contributed by atoms with Gasteiger partial charge in [0.15, 0.2) is 0 Å². The lowest BCUT2D eigenvalue weighted by molar-refractivity contribution is -0.116. The summed E-state index contributed by atoms with van der Waals surface area (Å²) in [5, 5.41) is 1.24. The Morgan fingerprint density at radius 3 is 2.95 bits per heavy atom. The second-order valence-corrected chi connectivity index (χ2v) is 5.27. The Hall–Kier alpha value is -2.46. The first kappa shape index (κ1) is 14.5. The molecule has 112 valence electrons. The van der Waals surface area contributed by atoms with Gasteiger partial charge < -0.3 is 0 Å². The van der Waals surface area contributed by atoms with E-state index >= 15 is 0 Å². The SMILES string of the molecule is CN(OCc1ccccc1)C(=O)c1cc2c(cn1)CCC=C2. The summed E-state index contributed by atoms with van der Waals surface area (Å²) in [4.78, 5) is 22.1. The Bertz CT molecular complexity index is 695. The van der Waals surface area contributed by atoms with Crippen molar-refractivity contribution in [1.29, 1.82) is 0 Å². The number of carbonyl (C=O) groups excluding carboxylic acids is 1. The van der Waals surface area contributed by atoms with Crippen molar-refractivity contribution in [1.82, 2.24) is 10.0 Å². The summed E-state index contributed by atoms with van der Waals surface area (Å²) >= 11 is 0. The minimum Gasteiger partial charge on any atom is -0.266 e. The Morgan fingerprint density at radius 2 is 2.14 bits per heavy atom. The molecule has 1 aromatic carbocycles. The van der Waals surface area contributed by atoms with Crippen LogP contribution in [0.25, 0.3) is 6.08 Å². The maximum Gasteiger partial charge on any atom is 0.295 e. The fraction of sp³-hybridized carbons (Fsp3) is 0.222. The number of hydrogen-bond donors (Lipinski definition) is 0. The number of nitrogens with zero attached hydrogens (tertiary/aromatic N) is 2. The van der Waals surface area contributed by atoms with Crippen LogP contribution in [-0.4, -0.2) is 23.0 Å². The molecule has 3 rings (SSSR count). The van der Waals surface area contributed by atoms with Gasteiger partial charge in [0, 0.05) is 13.2 Å². The van der Waals surface area contributed by atoms with E-state index < -0.39 is 0 Å². The molecule has 2 aromatic rings. The van der Waals surface area contributed by atoms with E-state index in [0.717, 1.165) is 24.0 Å². The van der Waals surface area contributed by atoms with Crippen LogP contribution in [-0.2, 0) is 17.9 Å². The molecule has 4 nitrogen and oxygen atoms in total. The average Bonchev–Trinajstić information content (AvgIpc) is 2.59. The van der Waals surface area contributed by atoms with Crippen molar-refractivity contribution in [2.75, 3.05) is 7.05 Å². The number of aromatic nitrogens is 1. The molecular weight excluding hydrogens is 276 g/mol. The molecule has 0 atom stereocenters. The molecule has 0 spiro atoms. The van der Waals surface area contributed by atoms with Crippen LogP contribution in [0.2, 0.25) is 0 Å². The molecule has 1 amide bonds. The molecule has 0 saturated heterocycles. The smallest absolute Gasteiger partial charge is 0.266 e. The number of benzene rings is 1. The number of amides is 1. The van der Waals surface area contributed by atoms with E-state index in [9.17, 15) is 4.79 Å². The third-order valence-electron chi connectivity index (χ3n) is 3.67. The zero-order chi connectivity index (χ0) is 15.4. The van der Waals surface area contributed by atoms with Crippen molar-refractivity contribution in [3.8, 4) is 0 Å². The summed E-state index contributed by atoms with van der Waals surface area (Å²) in [5.41, 5.74) is 3.68. The Kier molecular flexibility index (Phi) is 4.30. The van der Waals surface area contributed by atoms with E-state index in [2.05, 4.69) is 11.1 Å². The van der Waals surface area contributed by atoms with Crippen LogP contribution >= 0.6 is 0 Å². The fourth-order valence-electron chi connectivity index (χ4n) is 2.39. The summed E-state index contributed by atoms with van der Waals surface area (Å²) in [5.74, 6) is -0.238. The van der Waals surface area contributed by atoms with Crippen molar-refractivity contribution in [2.24, 2.45) is 0 Å². The highest BCUT2D eigenvalue weighted by Crippen LogP contribution is 2.19. The average molecular weight is 294 g/mol. The van der Waals surface area contributed by atoms with Crippen LogP contribution in [0.3, 0.4) is 0 Å². The molecule has 22 heavy (non-hydrogen) atoms. The first-order valence-corrected chi connectivity index (χ1v) is 7.34. The quantitative estimate of drug-likeness (QED) is 0.813. The van der Waals surface area contributed by atoms with Crippen molar-refractivity contribution in [3.05, 3.63) is 71.1 Å². The van der Waals surface area contributed by atoms with E-state index in [4.69, 9.17) is 4.84 Å².